The van der Waals surface area contributed by atoms with Gasteiger partial charge in [0.15, 0.2) is 0 Å². The van der Waals surface area contributed by atoms with Gasteiger partial charge in [-0.25, -0.2) is 0 Å². The van der Waals surface area contributed by atoms with Crippen molar-refractivity contribution in [2.45, 2.75) is 131 Å². The van der Waals surface area contributed by atoms with Crippen molar-refractivity contribution in [2.24, 2.45) is 44.8 Å². The number of rotatable bonds is 2. The molecular weight excluding hydrogens is 506 g/mol. The molecule has 2 heterocycles. The Kier molecular flexibility index (Phi) is 6.00. The Balaban J connectivity index is 1.29. The normalized spacial score (nSPS) is 44.9. The minimum Gasteiger partial charge on any atom is -0.481 e. The van der Waals surface area contributed by atoms with Gasteiger partial charge in [0.05, 0.1) is 17.2 Å². The fourth-order valence-corrected chi connectivity index (χ4v) is 12.4. The van der Waals surface area contributed by atoms with Crippen molar-refractivity contribution < 1.29 is 9.90 Å². The van der Waals surface area contributed by atoms with Gasteiger partial charge in [0, 0.05) is 11.6 Å². The van der Waals surface area contributed by atoms with Gasteiger partial charge in [0.1, 0.15) is 0 Å². The van der Waals surface area contributed by atoms with Crippen LogP contribution in [0.2, 0.25) is 0 Å². The van der Waals surface area contributed by atoms with E-state index in [1.807, 2.05) is 0 Å². The maximum Gasteiger partial charge on any atom is 0.310 e. The summed E-state index contributed by atoms with van der Waals surface area (Å²) < 4.78 is 2.35. The number of allylic oxidation sites excluding steroid dienone is 2. The van der Waals surface area contributed by atoms with Gasteiger partial charge in [0.2, 0.25) is 0 Å². The van der Waals surface area contributed by atoms with Crippen molar-refractivity contribution in [1.29, 1.82) is 0 Å². The summed E-state index contributed by atoms with van der Waals surface area (Å²) in [5.41, 5.74) is 4.59. The van der Waals surface area contributed by atoms with Gasteiger partial charge in [0.25, 0.3) is 0 Å². The van der Waals surface area contributed by atoms with Gasteiger partial charge in [-0.2, -0.15) is 5.10 Å². The summed E-state index contributed by atoms with van der Waals surface area (Å²) in [5.74, 6) is 0.872. The van der Waals surface area contributed by atoms with E-state index in [1.54, 1.807) is 0 Å². The summed E-state index contributed by atoms with van der Waals surface area (Å²) in [4.78, 5) is 13.0. The van der Waals surface area contributed by atoms with Crippen molar-refractivity contribution in [3.8, 4) is 0 Å². The highest BCUT2D eigenvalue weighted by molar-refractivity contribution is 5.76. The molecule has 2 N–H and O–H groups in total. The number of aromatic nitrogens is 2. The van der Waals surface area contributed by atoms with Crippen LogP contribution in [0.3, 0.4) is 0 Å². The molecule has 0 unspecified atom stereocenters. The first-order valence-corrected chi connectivity index (χ1v) is 16.9. The van der Waals surface area contributed by atoms with Crippen LogP contribution in [-0.2, 0) is 16.6 Å². The molecule has 4 fully saturated rings. The summed E-state index contributed by atoms with van der Waals surface area (Å²) >= 11 is 0. The monoisotopic (exact) mass is 561 g/mol. The zero-order valence-electron chi connectivity index (χ0n) is 26.9. The number of hydrogen-bond donors (Lipinski definition) is 2. The van der Waals surface area contributed by atoms with E-state index >= 15 is 0 Å². The highest BCUT2D eigenvalue weighted by atomic mass is 16.4. The minimum absolute atomic E-state index is 0.0607. The molecule has 0 aromatic carbocycles. The number of hydrogen-bond acceptors (Lipinski definition) is 3. The third-order valence-electron chi connectivity index (χ3n) is 14.9. The van der Waals surface area contributed by atoms with Crippen molar-refractivity contribution in [2.75, 3.05) is 13.1 Å². The van der Waals surface area contributed by atoms with Gasteiger partial charge in [-0.1, -0.05) is 60.1 Å². The summed E-state index contributed by atoms with van der Waals surface area (Å²) in [6, 6.07) is 0.522. The van der Waals surface area contributed by atoms with E-state index in [-0.39, 0.29) is 33.0 Å². The largest absolute Gasteiger partial charge is 0.481 e. The highest BCUT2D eigenvalue weighted by Gasteiger charge is 2.69. The summed E-state index contributed by atoms with van der Waals surface area (Å²) in [7, 11) is 0. The number of nitrogens with one attached hydrogen (secondary N) is 1. The number of carboxylic acids is 1. The molecule has 1 aromatic rings. The van der Waals surface area contributed by atoms with Crippen LogP contribution in [0, 0.1) is 44.8 Å². The number of carboxylic acid groups (broad SMARTS) is 1. The van der Waals surface area contributed by atoms with Crippen LogP contribution in [-0.4, -0.2) is 33.9 Å². The average molecular weight is 562 g/mol. The van der Waals surface area contributed by atoms with E-state index in [4.69, 9.17) is 5.10 Å². The first kappa shape index (κ1) is 28.2. The van der Waals surface area contributed by atoms with Crippen LogP contribution in [0.4, 0.5) is 0 Å². The van der Waals surface area contributed by atoms with E-state index in [0.29, 0.717) is 17.9 Å². The molecule has 1 aromatic heterocycles. The molecule has 5 aliphatic carbocycles. The molecule has 7 rings (SSSR count). The van der Waals surface area contributed by atoms with Gasteiger partial charge < -0.3 is 10.4 Å². The smallest absolute Gasteiger partial charge is 0.310 e. The molecule has 5 heteroatoms. The molecule has 5 nitrogen and oxygen atoms in total. The van der Waals surface area contributed by atoms with E-state index in [9.17, 15) is 9.90 Å². The zero-order valence-corrected chi connectivity index (χ0v) is 26.9. The third kappa shape index (κ3) is 3.62. The summed E-state index contributed by atoms with van der Waals surface area (Å²) in [5, 5.41) is 19.5. The first-order valence-electron chi connectivity index (χ1n) is 16.9. The van der Waals surface area contributed by atoms with E-state index in [0.717, 1.165) is 58.0 Å². The second kappa shape index (κ2) is 8.73. The topological polar surface area (TPSA) is 67.2 Å². The lowest BCUT2D eigenvalue weighted by Crippen LogP contribution is -2.64. The van der Waals surface area contributed by atoms with Crippen LogP contribution < -0.4 is 5.32 Å². The Morgan fingerprint density at radius 3 is 2.37 bits per heavy atom. The lowest BCUT2D eigenvalue weighted by molar-refractivity contribution is -0.177. The quantitative estimate of drug-likeness (QED) is 0.363. The predicted molar refractivity (Wildman–Crippen MR) is 164 cm³/mol. The second-order valence-corrected chi connectivity index (χ2v) is 17.5. The number of piperidine rings is 1. The molecule has 1 aliphatic heterocycles. The molecule has 7 atom stereocenters. The van der Waals surface area contributed by atoms with Gasteiger partial charge in [-0.15, -0.1) is 0 Å². The molecule has 3 saturated carbocycles. The number of fused-ring (bicyclic) bond motifs is 8. The Bertz CT molecular complexity index is 1290. The second-order valence-electron chi connectivity index (χ2n) is 17.5. The zero-order chi connectivity index (χ0) is 29.2. The van der Waals surface area contributed by atoms with Crippen LogP contribution in [0.15, 0.2) is 17.8 Å². The van der Waals surface area contributed by atoms with Gasteiger partial charge in [-0.3, -0.25) is 9.48 Å². The lowest BCUT2D eigenvalue weighted by Gasteiger charge is -2.70. The van der Waals surface area contributed by atoms with Crippen LogP contribution in [0.25, 0.3) is 0 Å². The van der Waals surface area contributed by atoms with E-state index < -0.39 is 11.4 Å². The van der Waals surface area contributed by atoms with Crippen LogP contribution >= 0.6 is 0 Å². The molecule has 6 aliphatic rings. The first-order chi connectivity index (χ1) is 19.2. The minimum atomic E-state index is -0.559. The van der Waals surface area contributed by atoms with Crippen molar-refractivity contribution >= 4 is 5.97 Å². The summed E-state index contributed by atoms with van der Waals surface area (Å²) in [6.45, 7) is 19.8. The lowest BCUT2D eigenvalue weighted by atomic mass is 9.33. The third-order valence-corrected chi connectivity index (χ3v) is 14.9. The number of nitrogens with zero attached hydrogens (tertiary/aromatic N) is 2. The molecule has 226 valence electrons. The molecule has 0 amide bonds. The average Bonchev–Trinajstić information content (AvgIpc) is 3.33. The Hall–Kier alpha value is -1.62. The van der Waals surface area contributed by atoms with Crippen molar-refractivity contribution in [3.05, 3.63) is 29.1 Å². The van der Waals surface area contributed by atoms with Crippen LogP contribution in [0.1, 0.15) is 130 Å². The number of aliphatic carboxylic acids is 1. The Morgan fingerprint density at radius 2 is 1.66 bits per heavy atom. The van der Waals surface area contributed by atoms with E-state index in [2.05, 4.69) is 70.7 Å². The molecule has 0 radical (unpaired) electrons. The predicted octanol–water partition coefficient (Wildman–Crippen LogP) is 7.71. The fraction of sp³-hybridized carbons (Fsp3) is 0.833. The van der Waals surface area contributed by atoms with Crippen molar-refractivity contribution in [3.63, 3.8) is 0 Å². The standard InChI is InChI=1S/C36H55N3O2/c1-31(2)14-16-36(30(40)41)17-15-34(6)25(26(36)21-31)8-9-28-33(5)20-23-22-39(24-11-18-37-19-12-24)38-29(23)32(3,4)27(33)10-13-35(28,34)7/h8,22,24,26-28,37H,9-21H2,1-7H3,(H,40,41)/t26-,27-,28+,33-,34+,35+,36-/m0/s1. The Labute approximate surface area is 248 Å². The van der Waals surface area contributed by atoms with E-state index in [1.165, 1.54) is 42.5 Å². The molecule has 0 spiro atoms. The molecule has 41 heavy (non-hydrogen) atoms. The SMILES string of the molecule is CC1(C)CC[C@]2(C(=O)O)CC[C@]3(C)C(=CC[C@@H]4[C@@]5(C)Cc6cn(C7CCNCC7)nc6C(C)(C)[C@@H]5CC[C@]43C)[C@@H]2C1. The van der Waals surface area contributed by atoms with Crippen LogP contribution in [0.5, 0.6) is 0 Å². The van der Waals surface area contributed by atoms with Crippen molar-refractivity contribution in [1.82, 2.24) is 15.1 Å². The van der Waals surface area contributed by atoms with Gasteiger partial charge in [-0.05, 0) is 129 Å². The summed E-state index contributed by atoms with van der Waals surface area (Å²) in [6.07, 6.45) is 16.9. The number of carbonyl (C=O) groups is 1. The Morgan fingerprint density at radius 1 is 0.951 bits per heavy atom. The maximum absolute atomic E-state index is 13.0. The molecule has 1 saturated heterocycles. The molecular formula is C36H55N3O2. The highest BCUT2D eigenvalue weighted by Crippen LogP contribution is 2.75. The molecule has 0 bridgehead atoms. The van der Waals surface area contributed by atoms with Gasteiger partial charge >= 0.3 is 5.97 Å². The maximum atomic E-state index is 13.0. The fourth-order valence-electron chi connectivity index (χ4n) is 12.4.